The third-order valence-corrected chi connectivity index (χ3v) is 7.65. The van der Waals surface area contributed by atoms with Crippen molar-refractivity contribution in [3.63, 3.8) is 0 Å². The summed E-state index contributed by atoms with van der Waals surface area (Å²) in [5, 5.41) is 11.0. The molecular formula is C22H44N2O. The molecule has 2 aliphatic heterocycles. The van der Waals surface area contributed by atoms with Crippen molar-refractivity contribution >= 4 is 0 Å². The second-order valence-electron chi connectivity index (χ2n) is 11.3. The first kappa shape index (κ1) is 21.2. The SMILES string of the molecule is CCN1CCC(C(C)(C)CCC(C)(O)CN2CC(C)(C(C)(C)C)C2)C1. The highest BCUT2D eigenvalue weighted by Crippen LogP contribution is 2.46. The summed E-state index contributed by atoms with van der Waals surface area (Å²) in [6.45, 7) is 25.2. The Bertz CT molecular complexity index is 443. The third kappa shape index (κ3) is 4.99. The average molecular weight is 353 g/mol. The van der Waals surface area contributed by atoms with Crippen LogP contribution in [0.3, 0.4) is 0 Å². The van der Waals surface area contributed by atoms with Crippen molar-refractivity contribution in [2.45, 2.75) is 80.3 Å². The van der Waals surface area contributed by atoms with E-state index in [0.717, 1.165) is 38.4 Å². The molecule has 3 heteroatoms. The summed E-state index contributed by atoms with van der Waals surface area (Å²) in [7, 11) is 0. The summed E-state index contributed by atoms with van der Waals surface area (Å²) in [5.74, 6) is 0.774. The number of β-amino-alcohol motifs (C(OH)–C–C–N with tert-alkyl or cyclic N) is 1. The highest BCUT2D eigenvalue weighted by molar-refractivity contribution is 5.00. The molecule has 2 unspecified atom stereocenters. The van der Waals surface area contributed by atoms with E-state index in [9.17, 15) is 5.11 Å². The van der Waals surface area contributed by atoms with Crippen molar-refractivity contribution < 1.29 is 5.11 Å². The highest BCUT2D eigenvalue weighted by Gasteiger charge is 2.48. The van der Waals surface area contributed by atoms with Gasteiger partial charge in [0.15, 0.2) is 0 Å². The molecule has 25 heavy (non-hydrogen) atoms. The van der Waals surface area contributed by atoms with Crippen molar-refractivity contribution in [3.05, 3.63) is 0 Å². The van der Waals surface area contributed by atoms with Crippen LogP contribution >= 0.6 is 0 Å². The maximum atomic E-state index is 11.0. The molecule has 0 aromatic heterocycles. The highest BCUT2D eigenvalue weighted by atomic mass is 16.3. The van der Waals surface area contributed by atoms with E-state index in [1.54, 1.807) is 0 Å². The first-order valence-electron chi connectivity index (χ1n) is 10.5. The smallest absolute Gasteiger partial charge is 0.0746 e. The van der Waals surface area contributed by atoms with Gasteiger partial charge in [0.05, 0.1) is 5.60 Å². The van der Waals surface area contributed by atoms with Gasteiger partial charge in [-0.2, -0.15) is 0 Å². The van der Waals surface area contributed by atoms with Crippen LogP contribution in [0.1, 0.15) is 74.7 Å². The summed E-state index contributed by atoms with van der Waals surface area (Å²) in [6.07, 6.45) is 3.34. The molecule has 0 saturated carbocycles. The molecule has 0 aromatic rings. The third-order valence-electron chi connectivity index (χ3n) is 7.65. The molecule has 0 aromatic carbocycles. The van der Waals surface area contributed by atoms with Gasteiger partial charge in [0, 0.05) is 26.2 Å². The zero-order valence-corrected chi connectivity index (χ0v) is 18.3. The van der Waals surface area contributed by atoms with E-state index in [1.807, 2.05) is 6.92 Å². The summed E-state index contributed by atoms with van der Waals surface area (Å²) >= 11 is 0. The molecule has 2 heterocycles. The Hall–Kier alpha value is -0.120. The molecule has 1 N–H and O–H groups in total. The lowest BCUT2D eigenvalue weighted by atomic mass is 9.63. The minimum absolute atomic E-state index is 0.322. The van der Waals surface area contributed by atoms with Crippen LogP contribution in [0.2, 0.25) is 0 Å². The van der Waals surface area contributed by atoms with Crippen molar-refractivity contribution in [3.8, 4) is 0 Å². The molecule has 0 bridgehead atoms. The minimum Gasteiger partial charge on any atom is -0.389 e. The Labute approximate surface area is 157 Å². The van der Waals surface area contributed by atoms with E-state index in [2.05, 4.69) is 58.3 Å². The molecule has 2 aliphatic rings. The standard InChI is InChI=1S/C22H44N2O/c1-9-23-13-10-18(14-23)20(5,6)11-12-22(8,25)17-24-15-21(7,16-24)19(2,3)4/h18,25H,9-17H2,1-8H3. The fourth-order valence-electron chi connectivity index (χ4n) is 4.64. The summed E-state index contributed by atoms with van der Waals surface area (Å²) < 4.78 is 0. The van der Waals surface area contributed by atoms with Crippen LogP contribution < -0.4 is 0 Å². The normalized spacial score (nSPS) is 28.0. The Balaban J connectivity index is 1.80. The first-order chi connectivity index (χ1) is 11.3. The fraction of sp³-hybridized carbons (Fsp3) is 1.00. The first-order valence-corrected chi connectivity index (χ1v) is 10.5. The van der Waals surface area contributed by atoms with E-state index < -0.39 is 5.60 Å². The van der Waals surface area contributed by atoms with Gasteiger partial charge in [0.1, 0.15) is 0 Å². The number of likely N-dealkylation sites (tertiary alicyclic amines) is 2. The van der Waals surface area contributed by atoms with Crippen molar-refractivity contribution in [1.29, 1.82) is 0 Å². The van der Waals surface area contributed by atoms with Crippen molar-refractivity contribution in [1.82, 2.24) is 9.80 Å². The van der Waals surface area contributed by atoms with E-state index in [4.69, 9.17) is 0 Å². The quantitative estimate of drug-likeness (QED) is 0.742. The lowest BCUT2D eigenvalue weighted by Gasteiger charge is -2.57. The Kier molecular flexibility index (Phi) is 6.04. The largest absolute Gasteiger partial charge is 0.389 e. The van der Waals surface area contributed by atoms with Gasteiger partial charge in [-0.1, -0.05) is 48.5 Å². The molecule has 0 amide bonds. The maximum Gasteiger partial charge on any atom is 0.0746 e. The predicted molar refractivity (Wildman–Crippen MR) is 108 cm³/mol. The van der Waals surface area contributed by atoms with E-state index in [-0.39, 0.29) is 0 Å². The van der Waals surface area contributed by atoms with Crippen LogP contribution in [0, 0.1) is 22.2 Å². The minimum atomic E-state index is -0.570. The van der Waals surface area contributed by atoms with Gasteiger partial charge in [0.25, 0.3) is 0 Å². The Morgan fingerprint density at radius 2 is 1.60 bits per heavy atom. The zero-order valence-electron chi connectivity index (χ0n) is 18.3. The van der Waals surface area contributed by atoms with Crippen molar-refractivity contribution in [2.75, 3.05) is 39.3 Å². The number of aliphatic hydroxyl groups is 1. The number of hydrogen-bond acceptors (Lipinski definition) is 3. The maximum absolute atomic E-state index is 11.0. The van der Waals surface area contributed by atoms with Gasteiger partial charge in [-0.05, 0) is 61.4 Å². The van der Waals surface area contributed by atoms with Gasteiger partial charge >= 0.3 is 0 Å². The monoisotopic (exact) mass is 352 g/mol. The molecule has 0 aliphatic carbocycles. The predicted octanol–water partition coefficient (Wildman–Crippen LogP) is 4.25. The molecule has 2 fully saturated rings. The van der Waals surface area contributed by atoms with Crippen LogP contribution in [0.5, 0.6) is 0 Å². The van der Waals surface area contributed by atoms with Gasteiger partial charge in [-0.3, -0.25) is 4.90 Å². The summed E-state index contributed by atoms with van der Waals surface area (Å²) in [5.41, 5.74) is 0.475. The van der Waals surface area contributed by atoms with Crippen LogP contribution in [0.25, 0.3) is 0 Å². The van der Waals surface area contributed by atoms with Gasteiger partial charge in [0.2, 0.25) is 0 Å². The van der Waals surface area contributed by atoms with E-state index in [1.165, 1.54) is 26.1 Å². The van der Waals surface area contributed by atoms with Crippen LogP contribution in [-0.4, -0.2) is 59.8 Å². The fourth-order valence-corrected chi connectivity index (χ4v) is 4.64. The molecular weight excluding hydrogens is 308 g/mol. The second kappa shape index (κ2) is 7.13. The van der Waals surface area contributed by atoms with Crippen LogP contribution in [0.15, 0.2) is 0 Å². The molecule has 0 radical (unpaired) electrons. The lowest BCUT2D eigenvalue weighted by Crippen LogP contribution is -2.63. The van der Waals surface area contributed by atoms with Crippen LogP contribution in [0.4, 0.5) is 0 Å². The topological polar surface area (TPSA) is 26.7 Å². The van der Waals surface area contributed by atoms with E-state index in [0.29, 0.717) is 16.2 Å². The molecule has 0 spiro atoms. The van der Waals surface area contributed by atoms with Gasteiger partial charge in [-0.25, -0.2) is 0 Å². The number of rotatable bonds is 7. The molecule has 3 nitrogen and oxygen atoms in total. The Morgan fingerprint density at radius 1 is 1.00 bits per heavy atom. The van der Waals surface area contributed by atoms with Gasteiger partial charge < -0.3 is 10.0 Å². The van der Waals surface area contributed by atoms with Crippen molar-refractivity contribution in [2.24, 2.45) is 22.2 Å². The zero-order chi connectivity index (χ0) is 19.1. The summed E-state index contributed by atoms with van der Waals surface area (Å²) in [4.78, 5) is 5.02. The number of nitrogens with zero attached hydrogens (tertiary/aromatic N) is 2. The van der Waals surface area contributed by atoms with Gasteiger partial charge in [-0.15, -0.1) is 0 Å². The summed E-state index contributed by atoms with van der Waals surface area (Å²) in [6, 6.07) is 0. The molecule has 2 atom stereocenters. The molecule has 2 saturated heterocycles. The second-order valence-corrected chi connectivity index (χ2v) is 11.3. The molecule has 148 valence electrons. The average Bonchev–Trinajstić information content (AvgIpc) is 2.92. The van der Waals surface area contributed by atoms with Crippen LogP contribution in [-0.2, 0) is 0 Å². The van der Waals surface area contributed by atoms with E-state index >= 15 is 0 Å². The Morgan fingerprint density at radius 3 is 2.08 bits per heavy atom. The lowest BCUT2D eigenvalue weighted by molar-refractivity contribution is -0.104. The molecule has 2 rings (SSSR count). The number of hydrogen-bond donors (Lipinski definition) is 1.